The molecule has 3 aromatic carbocycles. The van der Waals surface area contributed by atoms with Crippen molar-refractivity contribution in [1.82, 2.24) is 5.32 Å². The maximum atomic E-state index is 12.8. The van der Waals surface area contributed by atoms with Crippen molar-refractivity contribution in [1.29, 1.82) is 0 Å². The van der Waals surface area contributed by atoms with Crippen molar-refractivity contribution in [3.8, 4) is 5.75 Å². The van der Waals surface area contributed by atoms with E-state index in [0.717, 1.165) is 16.7 Å². The molecule has 3 rings (SSSR count). The number of hydrogen-bond donors (Lipinski definition) is 2. The highest BCUT2D eigenvalue weighted by Gasteiger charge is 2.16. The van der Waals surface area contributed by atoms with Gasteiger partial charge >= 0.3 is 0 Å². The Bertz CT molecular complexity index is 1030. The van der Waals surface area contributed by atoms with Crippen molar-refractivity contribution in [3.63, 3.8) is 0 Å². The van der Waals surface area contributed by atoms with Crippen LogP contribution >= 0.6 is 0 Å². The summed E-state index contributed by atoms with van der Waals surface area (Å²) in [4.78, 5) is 25.2. The summed E-state index contributed by atoms with van der Waals surface area (Å²) in [6.07, 6.45) is 0. The SMILES string of the molecule is Cc1ccc(C)c(OCC(=O)Nc2ccccc2C(=O)N[C@H](C)c2ccccc2)c1. The van der Waals surface area contributed by atoms with Crippen LogP contribution in [-0.2, 0) is 4.79 Å². The highest BCUT2D eigenvalue weighted by atomic mass is 16.5. The minimum absolute atomic E-state index is 0.138. The Kier molecular flexibility index (Phi) is 6.86. The lowest BCUT2D eigenvalue weighted by atomic mass is 10.1. The molecule has 2 amide bonds. The van der Waals surface area contributed by atoms with Crippen LogP contribution in [0.25, 0.3) is 0 Å². The predicted molar refractivity (Wildman–Crippen MR) is 119 cm³/mol. The molecule has 0 bridgehead atoms. The molecule has 0 heterocycles. The van der Waals surface area contributed by atoms with Gasteiger partial charge in [0.2, 0.25) is 0 Å². The summed E-state index contributed by atoms with van der Waals surface area (Å²) in [5, 5.41) is 5.76. The molecule has 0 aromatic heterocycles. The number of amides is 2. The molecule has 0 unspecified atom stereocenters. The smallest absolute Gasteiger partial charge is 0.262 e. The Balaban J connectivity index is 1.65. The molecule has 5 heteroatoms. The maximum absolute atomic E-state index is 12.8. The van der Waals surface area contributed by atoms with E-state index in [1.54, 1.807) is 24.3 Å². The summed E-state index contributed by atoms with van der Waals surface area (Å²) < 4.78 is 5.66. The lowest BCUT2D eigenvalue weighted by Gasteiger charge is -2.16. The van der Waals surface area contributed by atoms with Gasteiger partial charge in [0.05, 0.1) is 17.3 Å². The second-order valence-electron chi connectivity index (χ2n) is 7.26. The zero-order valence-corrected chi connectivity index (χ0v) is 17.4. The number of carbonyl (C=O) groups is 2. The van der Waals surface area contributed by atoms with Gasteiger partial charge in [0.25, 0.3) is 11.8 Å². The second kappa shape index (κ2) is 9.74. The maximum Gasteiger partial charge on any atom is 0.262 e. The van der Waals surface area contributed by atoms with Gasteiger partial charge in [-0.1, -0.05) is 54.6 Å². The van der Waals surface area contributed by atoms with Crippen LogP contribution in [0.15, 0.2) is 72.8 Å². The van der Waals surface area contributed by atoms with E-state index in [-0.39, 0.29) is 24.5 Å². The van der Waals surface area contributed by atoms with Crippen molar-refractivity contribution in [3.05, 3.63) is 95.1 Å². The molecule has 1 atom stereocenters. The lowest BCUT2D eigenvalue weighted by Crippen LogP contribution is -2.28. The molecule has 0 fully saturated rings. The fourth-order valence-corrected chi connectivity index (χ4v) is 3.08. The van der Waals surface area contributed by atoms with Crippen LogP contribution < -0.4 is 15.4 Å². The van der Waals surface area contributed by atoms with E-state index in [9.17, 15) is 9.59 Å². The first-order chi connectivity index (χ1) is 14.4. The Hall–Kier alpha value is -3.60. The average molecular weight is 402 g/mol. The van der Waals surface area contributed by atoms with E-state index in [2.05, 4.69) is 10.6 Å². The molecule has 2 N–H and O–H groups in total. The van der Waals surface area contributed by atoms with Crippen LogP contribution in [0.1, 0.15) is 40.0 Å². The van der Waals surface area contributed by atoms with Crippen LogP contribution in [0.3, 0.4) is 0 Å². The van der Waals surface area contributed by atoms with E-state index in [0.29, 0.717) is 17.0 Å². The first-order valence-electron chi connectivity index (χ1n) is 9.89. The van der Waals surface area contributed by atoms with Crippen LogP contribution in [0, 0.1) is 13.8 Å². The van der Waals surface area contributed by atoms with E-state index in [4.69, 9.17) is 4.74 Å². The number of nitrogens with one attached hydrogen (secondary N) is 2. The number of rotatable bonds is 7. The number of carbonyl (C=O) groups excluding carboxylic acids is 2. The third-order valence-electron chi connectivity index (χ3n) is 4.80. The Labute approximate surface area is 177 Å². The van der Waals surface area contributed by atoms with Crippen molar-refractivity contribution in [2.75, 3.05) is 11.9 Å². The zero-order chi connectivity index (χ0) is 21.5. The first kappa shape index (κ1) is 21.1. The summed E-state index contributed by atoms with van der Waals surface area (Å²) in [7, 11) is 0. The Morgan fingerprint density at radius 2 is 1.63 bits per heavy atom. The molecule has 0 aliphatic rings. The van der Waals surface area contributed by atoms with Crippen LogP contribution in [0.2, 0.25) is 0 Å². The first-order valence-corrected chi connectivity index (χ1v) is 9.89. The molecule has 0 aliphatic carbocycles. The van der Waals surface area contributed by atoms with E-state index < -0.39 is 0 Å². The largest absolute Gasteiger partial charge is 0.483 e. The number of ether oxygens (including phenoxy) is 1. The number of aryl methyl sites for hydroxylation is 2. The number of anilines is 1. The molecule has 0 radical (unpaired) electrons. The quantitative estimate of drug-likeness (QED) is 0.596. The summed E-state index contributed by atoms with van der Waals surface area (Å²) in [5.74, 6) is 0.0952. The van der Waals surface area contributed by atoms with Crippen LogP contribution in [-0.4, -0.2) is 18.4 Å². The molecule has 30 heavy (non-hydrogen) atoms. The topological polar surface area (TPSA) is 67.4 Å². The monoisotopic (exact) mass is 402 g/mol. The molecular weight excluding hydrogens is 376 g/mol. The third kappa shape index (κ3) is 5.47. The minimum atomic E-state index is -0.327. The fourth-order valence-electron chi connectivity index (χ4n) is 3.08. The van der Waals surface area contributed by atoms with Gasteiger partial charge in [-0.3, -0.25) is 9.59 Å². The highest BCUT2D eigenvalue weighted by Crippen LogP contribution is 2.20. The molecule has 0 spiro atoms. The average Bonchev–Trinajstić information content (AvgIpc) is 2.75. The van der Waals surface area contributed by atoms with Crippen molar-refractivity contribution in [2.45, 2.75) is 26.8 Å². The van der Waals surface area contributed by atoms with Gasteiger partial charge in [-0.15, -0.1) is 0 Å². The fraction of sp³-hybridized carbons (Fsp3) is 0.200. The van der Waals surface area contributed by atoms with Crippen molar-refractivity contribution in [2.24, 2.45) is 0 Å². The number of para-hydroxylation sites is 1. The molecule has 3 aromatic rings. The molecule has 0 aliphatic heterocycles. The van der Waals surface area contributed by atoms with Crippen molar-refractivity contribution < 1.29 is 14.3 Å². The normalized spacial score (nSPS) is 11.4. The lowest BCUT2D eigenvalue weighted by molar-refractivity contribution is -0.118. The van der Waals surface area contributed by atoms with Crippen LogP contribution in [0.5, 0.6) is 5.75 Å². The molecule has 0 saturated carbocycles. The van der Waals surface area contributed by atoms with Gasteiger partial charge in [-0.05, 0) is 55.7 Å². The van der Waals surface area contributed by atoms with Gasteiger partial charge in [0.1, 0.15) is 5.75 Å². The molecule has 5 nitrogen and oxygen atoms in total. The second-order valence-corrected chi connectivity index (χ2v) is 7.26. The van der Waals surface area contributed by atoms with Gasteiger partial charge in [0.15, 0.2) is 6.61 Å². The predicted octanol–water partition coefficient (Wildman–Crippen LogP) is 4.81. The molecule has 154 valence electrons. The number of hydrogen-bond acceptors (Lipinski definition) is 3. The zero-order valence-electron chi connectivity index (χ0n) is 17.4. The minimum Gasteiger partial charge on any atom is -0.483 e. The van der Waals surface area contributed by atoms with E-state index in [1.807, 2.05) is 69.3 Å². The summed E-state index contributed by atoms with van der Waals surface area (Å²) >= 11 is 0. The Morgan fingerprint density at radius 3 is 2.40 bits per heavy atom. The van der Waals surface area contributed by atoms with Gasteiger partial charge < -0.3 is 15.4 Å². The summed E-state index contributed by atoms with van der Waals surface area (Å²) in [5.41, 5.74) is 3.88. The van der Waals surface area contributed by atoms with Crippen molar-refractivity contribution >= 4 is 17.5 Å². The number of benzene rings is 3. The molecule has 0 saturated heterocycles. The Morgan fingerprint density at radius 1 is 0.933 bits per heavy atom. The summed E-state index contributed by atoms with van der Waals surface area (Å²) in [6, 6.07) is 22.4. The standard InChI is InChI=1S/C25H26N2O3/c1-17-13-14-18(2)23(15-17)30-16-24(28)27-22-12-8-7-11-21(22)25(29)26-19(3)20-9-5-4-6-10-20/h4-15,19H,16H2,1-3H3,(H,26,29)(H,27,28)/t19-/m1/s1. The highest BCUT2D eigenvalue weighted by molar-refractivity contribution is 6.04. The van der Waals surface area contributed by atoms with Gasteiger partial charge in [-0.2, -0.15) is 0 Å². The van der Waals surface area contributed by atoms with E-state index >= 15 is 0 Å². The molecular formula is C25H26N2O3. The summed E-state index contributed by atoms with van der Waals surface area (Å²) in [6.45, 7) is 5.69. The van der Waals surface area contributed by atoms with Gasteiger partial charge in [0, 0.05) is 0 Å². The third-order valence-corrected chi connectivity index (χ3v) is 4.80. The van der Waals surface area contributed by atoms with E-state index in [1.165, 1.54) is 0 Å². The van der Waals surface area contributed by atoms with Gasteiger partial charge in [-0.25, -0.2) is 0 Å². The van der Waals surface area contributed by atoms with Crippen LogP contribution in [0.4, 0.5) is 5.69 Å².